The van der Waals surface area contributed by atoms with E-state index in [4.69, 9.17) is 15.0 Å². The summed E-state index contributed by atoms with van der Waals surface area (Å²) in [7, 11) is 1.71. The summed E-state index contributed by atoms with van der Waals surface area (Å²) in [4.78, 5) is 0. The Kier molecular flexibility index (Phi) is 2.28. The molecule has 0 radical (unpaired) electrons. The van der Waals surface area contributed by atoms with E-state index in [-0.39, 0.29) is 0 Å². The highest BCUT2D eigenvalue weighted by molar-refractivity contribution is 5.69. The second-order valence-electron chi connectivity index (χ2n) is 4.24. The number of ether oxygens (including phenoxy) is 1. The zero-order valence-corrected chi connectivity index (χ0v) is 9.69. The molecular weight excluding hydrogens is 216 g/mol. The number of nitrogens with two attached hydrogens (primary N) is 1. The van der Waals surface area contributed by atoms with E-state index in [1.807, 2.05) is 12.1 Å². The van der Waals surface area contributed by atoms with Crippen LogP contribution in [0.5, 0.6) is 5.75 Å². The second kappa shape index (κ2) is 3.80. The molecule has 3 rings (SSSR count). The third-order valence-electron chi connectivity index (χ3n) is 3.26. The number of rotatable bonds is 2. The van der Waals surface area contributed by atoms with Gasteiger partial charge in [0.1, 0.15) is 5.75 Å². The van der Waals surface area contributed by atoms with E-state index in [0.717, 1.165) is 36.3 Å². The normalized spacial score (nSPS) is 13.7. The number of nitrogens with zero attached hydrogens (tertiary/aromatic N) is 1. The highest BCUT2D eigenvalue weighted by Crippen LogP contribution is 2.38. The van der Waals surface area contributed by atoms with Gasteiger partial charge in [0.05, 0.1) is 7.11 Å². The Bertz CT molecular complexity index is 561. The smallest absolute Gasteiger partial charge is 0.169 e. The predicted octanol–water partition coefficient (Wildman–Crippen LogP) is 2.42. The van der Waals surface area contributed by atoms with E-state index in [1.54, 1.807) is 13.2 Å². The molecule has 1 aromatic heterocycles. The van der Waals surface area contributed by atoms with Gasteiger partial charge in [-0.1, -0.05) is 5.16 Å². The topological polar surface area (TPSA) is 61.3 Å². The Morgan fingerprint density at radius 2 is 2.12 bits per heavy atom. The van der Waals surface area contributed by atoms with Gasteiger partial charge in [0, 0.05) is 11.6 Å². The van der Waals surface area contributed by atoms with Crippen molar-refractivity contribution in [3.05, 3.63) is 29.3 Å². The van der Waals surface area contributed by atoms with Crippen LogP contribution in [0, 0.1) is 0 Å². The van der Waals surface area contributed by atoms with Gasteiger partial charge >= 0.3 is 0 Å². The van der Waals surface area contributed by atoms with Gasteiger partial charge in [0.25, 0.3) is 0 Å². The summed E-state index contributed by atoms with van der Waals surface area (Å²) in [6, 6.07) is 5.77. The quantitative estimate of drug-likeness (QED) is 0.860. The summed E-state index contributed by atoms with van der Waals surface area (Å²) in [5.41, 5.74) is 9.27. The number of methoxy groups -OCH3 is 1. The molecule has 4 heteroatoms. The van der Waals surface area contributed by atoms with Gasteiger partial charge in [0.15, 0.2) is 11.6 Å². The Hall–Kier alpha value is -1.97. The first kappa shape index (κ1) is 10.2. The van der Waals surface area contributed by atoms with E-state index in [2.05, 4.69) is 5.16 Å². The van der Waals surface area contributed by atoms with Gasteiger partial charge in [-0.05, 0) is 42.5 Å². The third kappa shape index (κ3) is 1.56. The molecule has 2 aromatic rings. The lowest BCUT2D eigenvalue weighted by atomic mass is 10.0. The molecule has 0 atom stereocenters. The molecule has 0 unspecified atom stereocenters. The van der Waals surface area contributed by atoms with Crippen LogP contribution in [-0.2, 0) is 12.8 Å². The molecule has 88 valence electrons. The van der Waals surface area contributed by atoms with Crippen LogP contribution in [0.15, 0.2) is 22.7 Å². The van der Waals surface area contributed by atoms with Crippen molar-refractivity contribution in [3.8, 4) is 17.1 Å². The summed E-state index contributed by atoms with van der Waals surface area (Å²) >= 11 is 0. The van der Waals surface area contributed by atoms with Crippen LogP contribution in [0.3, 0.4) is 0 Å². The van der Waals surface area contributed by atoms with Crippen molar-refractivity contribution in [1.29, 1.82) is 0 Å². The van der Waals surface area contributed by atoms with Gasteiger partial charge in [-0.3, -0.25) is 0 Å². The SMILES string of the molecule is COc1ccc(-c2cc(N)no2)c2c1CCC2. The fourth-order valence-electron chi connectivity index (χ4n) is 2.51. The van der Waals surface area contributed by atoms with Gasteiger partial charge in [0.2, 0.25) is 0 Å². The predicted molar refractivity (Wildman–Crippen MR) is 64.9 cm³/mol. The number of benzene rings is 1. The molecule has 0 saturated heterocycles. The van der Waals surface area contributed by atoms with Crippen molar-refractivity contribution < 1.29 is 9.26 Å². The van der Waals surface area contributed by atoms with E-state index in [0.29, 0.717) is 5.82 Å². The first-order valence-electron chi connectivity index (χ1n) is 5.71. The fraction of sp³-hybridized carbons (Fsp3) is 0.308. The summed E-state index contributed by atoms with van der Waals surface area (Å²) < 4.78 is 10.6. The van der Waals surface area contributed by atoms with Gasteiger partial charge in [-0.2, -0.15) is 0 Å². The number of fused-ring (bicyclic) bond motifs is 1. The van der Waals surface area contributed by atoms with E-state index >= 15 is 0 Å². The molecule has 1 heterocycles. The number of hydrogen-bond donors (Lipinski definition) is 1. The zero-order chi connectivity index (χ0) is 11.8. The van der Waals surface area contributed by atoms with Crippen molar-refractivity contribution >= 4 is 5.82 Å². The van der Waals surface area contributed by atoms with Crippen LogP contribution >= 0.6 is 0 Å². The summed E-state index contributed by atoms with van der Waals surface area (Å²) in [6.07, 6.45) is 3.28. The van der Waals surface area contributed by atoms with E-state index in [9.17, 15) is 0 Å². The lowest BCUT2D eigenvalue weighted by Gasteiger charge is -2.10. The average molecular weight is 230 g/mol. The molecule has 2 N–H and O–H groups in total. The molecule has 4 nitrogen and oxygen atoms in total. The van der Waals surface area contributed by atoms with Crippen LogP contribution in [0.25, 0.3) is 11.3 Å². The van der Waals surface area contributed by atoms with Gasteiger partial charge in [-0.15, -0.1) is 0 Å². The van der Waals surface area contributed by atoms with Crippen molar-refractivity contribution in [1.82, 2.24) is 5.16 Å². The first-order valence-corrected chi connectivity index (χ1v) is 5.71. The molecular formula is C13H14N2O2. The summed E-state index contributed by atoms with van der Waals surface area (Å²) in [6.45, 7) is 0. The van der Waals surface area contributed by atoms with Gasteiger partial charge in [-0.25, -0.2) is 0 Å². The summed E-state index contributed by atoms with van der Waals surface area (Å²) in [5, 5.41) is 3.73. The Labute approximate surface area is 99.4 Å². The molecule has 0 amide bonds. The molecule has 0 spiro atoms. The first-order chi connectivity index (χ1) is 8.29. The highest BCUT2D eigenvalue weighted by Gasteiger charge is 2.21. The van der Waals surface area contributed by atoms with Crippen LogP contribution in [0.2, 0.25) is 0 Å². The maximum absolute atomic E-state index is 5.59. The maximum atomic E-state index is 5.59. The average Bonchev–Trinajstić information content (AvgIpc) is 2.96. The Morgan fingerprint density at radius 1 is 1.29 bits per heavy atom. The fourth-order valence-corrected chi connectivity index (χ4v) is 2.51. The van der Waals surface area contributed by atoms with Crippen LogP contribution in [0.4, 0.5) is 5.82 Å². The van der Waals surface area contributed by atoms with Crippen molar-refractivity contribution in [2.75, 3.05) is 12.8 Å². The lowest BCUT2D eigenvalue weighted by molar-refractivity contribution is 0.410. The zero-order valence-electron chi connectivity index (χ0n) is 9.69. The molecule has 0 bridgehead atoms. The van der Waals surface area contributed by atoms with Gasteiger partial charge < -0.3 is 15.0 Å². The number of hydrogen-bond acceptors (Lipinski definition) is 4. The monoisotopic (exact) mass is 230 g/mol. The van der Waals surface area contributed by atoms with Crippen LogP contribution in [0.1, 0.15) is 17.5 Å². The Balaban J connectivity index is 2.16. The van der Waals surface area contributed by atoms with Crippen molar-refractivity contribution in [2.45, 2.75) is 19.3 Å². The summed E-state index contributed by atoms with van der Waals surface area (Å²) in [5.74, 6) is 2.12. The Morgan fingerprint density at radius 3 is 2.82 bits per heavy atom. The number of aromatic nitrogens is 1. The molecule has 1 aliphatic rings. The minimum atomic E-state index is 0.419. The van der Waals surface area contributed by atoms with Crippen LogP contribution < -0.4 is 10.5 Å². The minimum absolute atomic E-state index is 0.419. The molecule has 1 aliphatic carbocycles. The van der Waals surface area contributed by atoms with Crippen molar-refractivity contribution in [2.24, 2.45) is 0 Å². The molecule has 0 saturated carbocycles. The molecule has 17 heavy (non-hydrogen) atoms. The molecule has 0 fully saturated rings. The second-order valence-corrected chi connectivity index (χ2v) is 4.24. The lowest BCUT2D eigenvalue weighted by Crippen LogP contribution is -1.93. The number of anilines is 1. The van der Waals surface area contributed by atoms with Crippen LogP contribution in [-0.4, -0.2) is 12.3 Å². The largest absolute Gasteiger partial charge is 0.496 e. The third-order valence-corrected chi connectivity index (χ3v) is 3.26. The van der Waals surface area contributed by atoms with E-state index < -0.39 is 0 Å². The van der Waals surface area contributed by atoms with Crippen molar-refractivity contribution in [3.63, 3.8) is 0 Å². The maximum Gasteiger partial charge on any atom is 0.169 e. The standard InChI is InChI=1S/C13H14N2O2/c1-16-11-6-5-10(8-3-2-4-9(8)11)12-7-13(14)15-17-12/h5-7H,2-4H2,1H3,(H2,14,15). The molecule has 1 aromatic carbocycles. The minimum Gasteiger partial charge on any atom is -0.496 e. The number of nitrogen functional groups attached to an aromatic ring is 1. The highest BCUT2D eigenvalue weighted by atomic mass is 16.5. The molecule has 0 aliphatic heterocycles. The van der Waals surface area contributed by atoms with E-state index in [1.165, 1.54) is 11.1 Å².